The Morgan fingerprint density at radius 2 is 1.69 bits per heavy atom. The number of aliphatic hydroxyl groups is 1. The van der Waals surface area contributed by atoms with Crippen LogP contribution in [0.1, 0.15) is 43.7 Å². The fourth-order valence-corrected chi connectivity index (χ4v) is 2.64. The van der Waals surface area contributed by atoms with E-state index >= 15 is 0 Å². The van der Waals surface area contributed by atoms with Crippen LogP contribution in [-0.4, -0.2) is 10.7 Å². The van der Waals surface area contributed by atoms with E-state index in [1.807, 2.05) is 19.1 Å². The molecule has 2 heteroatoms. The highest BCUT2D eigenvalue weighted by Gasteiger charge is 2.38. The highest BCUT2D eigenvalue weighted by molar-refractivity contribution is 5.33. The van der Waals surface area contributed by atoms with Gasteiger partial charge in [0.1, 0.15) is 0 Å². The maximum Gasteiger partial charge on any atom is 0.0621 e. The number of hydrogen-bond acceptors (Lipinski definition) is 2. The summed E-state index contributed by atoms with van der Waals surface area (Å²) in [4.78, 5) is 0. The molecule has 88 valence electrons. The van der Waals surface area contributed by atoms with Gasteiger partial charge in [-0.1, -0.05) is 24.3 Å². The molecule has 0 atom stereocenters. The molecule has 1 aliphatic rings. The summed E-state index contributed by atoms with van der Waals surface area (Å²) in [6.07, 6.45) is 3.31. The van der Waals surface area contributed by atoms with Crippen LogP contribution >= 0.6 is 0 Å². The van der Waals surface area contributed by atoms with E-state index in [4.69, 9.17) is 5.73 Å². The Balaban J connectivity index is 2.25. The van der Waals surface area contributed by atoms with Crippen LogP contribution in [0.5, 0.6) is 0 Å². The Kier molecular flexibility index (Phi) is 2.81. The molecule has 0 amide bonds. The summed E-state index contributed by atoms with van der Waals surface area (Å²) >= 11 is 0. The number of benzene rings is 1. The van der Waals surface area contributed by atoms with Crippen LogP contribution in [0.3, 0.4) is 0 Å². The van der Waals surface area contributed by atoms with Gasteiger partial charge in [-0.2, -0.15) is 0 Å². The molecule has 16 heavy (non-hydrogen) atoms. The predicted molar refractivity (Wildman–Crippen MR) is 66.1 cm³/mol. The van der Waals surface area contributed by atoms with Crippen LogP contribution in [0.2, 0.25) is 0 Å². The molecule has 1 saturated carbocycles. The van der Waals surface area contributed by atoms with E-state index in [9.17, 15) is 5.11 Å². The summed E-state index contributed by atoms with van der Waals surface area (Å²) in [6, 6.07) is 8.32. The van der Waals surface area contributed by atoms with Crippen molar-refractivity contribution in [1.29, 1.82) is 0 Å². The zero-order valence-corrected chi connectivity index (χ0v) is 10.2. The van der Waals surface area contributed by atoms with E-state index in [1.54, 1.807) is 0 Å². The van der Waals surface area contributed by atoms with Gasteiger partial charge in [0.25, 0.3) is 0 Å². The van der Waals surface area contributed by atoms with Gasteiger partial charge in [-0.3, -0.25) is 0 Å². The summed E-state index contributed by atoms with van der Waals surface area (Å²) in [5, 5.41) is 9.97. The van der Waals surface area contributed by atoms with Crippen molar-refractivity contribution in [2.75, 3.05) is 0 Å². The van der Waals surface area contributed by atoms with Gasteiger partial charge in [0.05, 0.1) is 5.60 Å². The summed E-state index contributed by atoms with van der Waals surface area (Å²) < 4.78 is 0. The van der Waals surface area contributed by atoms with Crippen LogP contribution in [0.4, 0.5) is 0 Å². The molecular formula is C14H21NO. The van der Waals surface area contributed by atoms with Crippen molar-refractivity contribution in [3.05, 3.63) is 35.4 Å². The maximum absolute atomic E-state index is 9.97. The molecule has 0 unspecified atom stereocenters. The van der Waals surface area contributed by atoms with Crippen molar-refractivity contribution in [1.82, 2.24) is 0 Å². The maximum atomic E-state index is 9.97. The molecule has 0 heterocycles. The average molecular weight is 219 g/mol. The van der Waals surface area contributed by atoms with Gasteiger partial charge in [0.2, 0.25) is 0 Å². The topological polar surface area (TPSA) is 46.2 Å². The Morgan fingerprint density at radius 1 is 1.12 bits per heavy atom. The van der Waals surface area contributed by atoms with E-state index in [0.29, 0.717) is 0 Å². The van der Waals surface area contributed by atoms with Crippen LogP contribution < -0.4 is 5.73 Å². The number of rotatable bonds is 1. The lowest BCUT2D eigenvalue weighted by atomic mass is 9.71. The Morgan fingerprint density at radius 3 is 2.25 bits per heavy atom. The molecule has 1 aromatic carbocycles. The fraction of sp³-hybridized carbons (Fsp3) is 0.571. The van der Waals surface area contributed by atoms with Gasteiger partial charge in [-0.25, -0.2) is 0 Å². The first kappa shape index (κ1) is 11.6. The van der Waals surface area contributed by atoms with Crippen LogP contribution in [0.15, 0.2) is 24.3 Å². The second-order valence-corrected chi connectivity index (χ2v) is 5.47. The van der Waals surface area contributed by atoms with Crippen LogP contribution in [-0.2, 0) is 5.54 Å². The minimum absolute atomic E-state index is 0.242. The third-order valence-corrected chi connectivity index (χ3v) is 3.90. The van der Waals surface area contributed by atoms with Gasteiger partial charge in [0.15, 0.2) is 0 Å². The molecule has 0 spiro atoms. The minimum atomic E-state index is -0.522. The number of hydrogen-bond donors (Lipinski definition) is 2. The third-order valence-electron chi connectivity index (χ3n) is 3.90. The van der Waals surface area contributed by atoms with E-state index < -0.39 is 5.60 Å². The highest BCUT2D eigenvalue weighted by atomic mass is 16.3. The standard InChI is InChI=1S/C14H21NO/c1-11-5-3-4-6-12(11)14(15)9-7-13(2,16)8-10-14/h3-6,16H,7-10,15H2,1-2H3. The summed E-state index contributed by atoms with van der Waals surface area (Å²) in [6.45, 7) is 4.02. The lowest BCUT2D eigenvalue weighted by Crippen LogP contribution is -2.45. The van der Waals surface area contributed by atoms with Crippen LogP contribution in [0.25, 0.3) is 0 Å². The molecule has 3 N–H and O–H groups in total. The minimum Gasteiger partial charge on any atom is -0.390 e. The second kappa shape index (κ2) is 3.86. The van der Waals surface area contributed by atoms with Gasteiger partial charge < -0.3 is 10.8 Å². The molecule has 2 rings (SSSR count). The molecule has 0 radical (unpaired) electrons. The van der Waals surface area contributed by atoms with Crippen molar-refractivity contribution < 1.29 is 5.11 Å². The molecule has 0 aromatic heterocycles. The second-order valence-electron chi connectivity index (χ2n) is 5.47. The molecule has 0 bridgehead atoms. The quantitative estimate of drug-likeness (QED) is 0.762. The number of nitrogens with two attached hydrogens (primary N) is 1. The van der Waals surface area contributed by atoms with Crippen molar-refractivity contribution in [2.45, 2.75) is 50.7 Å². The lowest BCUT2D eigenvalue weighted by molar-refractivity contribution is 0.000802. The average Bonchev–Trinajstić information content (AvgIpc) is 2.24. The Hall–Kier alpha value is -0.860. The van der Waals surface area contributed by atoms with Crippen molar-refractivity contribution in [2.24, 2.45) is 5.73 Å². The van der Waals surface area contributed by atoms with Gasteiger partial charge in [-0.15, -0.1) is 0 Å². The molecule has 2 nitrogen and oxygen atoms in total. The Labute approximate surface area is 97.5 Å². The highest BCUT2D eigenvalue weighted by Crippen LogP contribution is 2.40. The summed E-state index contributed by atoms with van der Waals surface area (Å²) in [7, 11) is 0. The van der Waals surface area contributed by atoms with E-state index in [0.717, 1.165) is 25.7 Å². The molecule has 0 aliphatic heterocycles. The molecule has 1 aliphatic carbocycles. The zero-order chi connectivity index (χ0) is 11.8. The van der Waals surface area contributed by atoms with E-state index in [-0.39, 0.29) is 5.54 Å². The van der Waals surface area contributed by atoms with Crippen LogP contribution in [0, 0.1) is 6.92 Å². The molecule has 1 aromatic rings. The molecular weight excluding hydrogens is 198 g/mol. The normalized spacial score (nSPS) is 35.0. The van der Waals surface area contributed by atoms with Crippen molar-refractivity contribution in [3.63, 3.8) is 0 Å². The van der Waals surface area contributed by atoms with Gasteiger partial charge >= 0.3 is 0 Å². The molecule has 1 fully saturated rings. The number of aryl methyl sites for hydroxylation is 1. The van der Waals surface area contributed by atoms with Gasteiger partial charge in [-0.05, 0) is 50.7 Å². The predicted octanol–water partition coefficient (Wildman–Crippen LogP) is 2.47. The smallest absolute Gasteiger partial charge is 0.0621 e. The third kappa shape index (κ3) is 2.13. The first-order valence-electron chi connectivity index (χ1n) is 6.00. The van der Waals surface area contributed by atoms with E-state index in [1.165, 1.54) is 11.1 Å². The van der Waals surface area contributed by atoms with Gasteiger partial charge in [0, 0.05) is 5.54 Å². The lowest BCUT2D eigenvalue weighted by Gasteiger charge is -2.41. The van der Waals surface area contributed by atoms with E-state index in [2.05, 4.69) is 19.1 Å². The SMILES string of the molecule is Cc1ccccc1C1(N)CCC(C)(O)CC1. The molecule has 0 saturated heterocycles. The monoisotopic (exact) mass is 219 g/mol. The fourth-order valence-electron chi connectivity index (χ4n) is 2.64. The van der Waals surface area contributed by atoms with Crippen molar-refractivity contribution >= 4 is 0 Å². The Bertz CT molecular complexity index is 374. The summed E-state index contributed by atoms with van der Waals surface area (Å²) in [5.74, 6) is 0. The van der Waals surface area contributed by atoms with Crippen molar-refractivity contribution in [3.8, 4) is 0 Å². The largest absolute Gasteiger partial charge is 0.390 e. The zero-order valence-electron chi connectivity index (χ0n) is 10.2. The first-order valence-corrected chi connectivity index (χ1v) is 6.00. The first-order chi connectivity index (χ1) is 7.43. The summed E-state index contributed by atoms with van der Waals surface area (Å²) in [5.41, 5.74) is 8.22.